The molecule has 0 spiro atoms. The fraction of sp³-hybridized carbons (Fsp3) is 0.667. The molecule has 1 saturated heterocycles. The third-order valence-electron chi connectivity index (χ3n) is 3.00. The third kappa shape index (κ3) is 2.84. The van der Waals surface area contributed by atoms with Crippen LogP contribution >= 0.6 is 0 Å². The first kappa shape index (κ1) is 11.6. The van der Waals surface area contributed by atoms with Crippen LogP contribution in [0.15, 0.2) is 16.7 Å². The van der Waals surface area contributed by atoms with E-state index < -0.39 is 0 Å². The van der Waals surface area contributed by atoms with E-state index in [-0.39, 0.29) is 0 Å². The van der Waals surface area contributed by atoms with E-state index in [9.17, 15) is 0 Å². The number of hydrogen-bond acceptors (Lipinski definition) is 4. The maximum absolute atomic E-state index is 5.61. The number of nitrogens with two attached hydrogens (primary N) is 1. The van der Waals surface area contributed by atoms with E-state index in [0.717, 1.165) is 25.5 Å². The summed E-state index contributed by atoms with van der Waals surface area (Å²) in [6, 6.07) is 1.99. The smallest absolute Gasteiger partial charge is 0.121 e. The molecule has 2 N–H and O–H groups in total. The Kier molecular flexibility index (Phi) is 3.98. The maximum atomic E-state index is 5.61. The molecular formula is C12H20N2O2. The Balaban J connectivity index is 1.84. The second-order valence-corrected chi connectivity index (χ2v) is 4.40. The number of hydrogen-bond donors (Lipinski definition) is 1. The summed E-state index contributed by atoms with van der Waals surface area (Å²) in [7, 11) is 2.11. The summed E-state index contributed by atoms with van der Waals surface area (Å²) in [6.45, 7) is 3.24. The molecule has 1 fully saturated rings. The van der Waals surface area contributed by atoms with Crippen molar-refractivity contribution < 1.29 is 9.15 Å². The number of ether oxygens (including phenoxy) is 1. The van der Waals surface area contributed by atoms with E-state index in [0.29, 0.717) is 12.6 Å². The molecule has 1 aliphatic heterocycles. The zero-order valence-corrected chi connectivity index (χ0v) is 9.82. The first-order valence-electron chi connectivity index (χ1n) is 5.85. The second-order valence-electron chi connectivity index (χ2n) is 4.40. The normalized spacial score (nSPS) is 20.8. The highest BCUT2D eigenvalue weighted by molar-refractivity contribution is 5.16. The lowest BCUT2D eigenvalue weighted by molar-refractivity contribution is 0.0791. The highest BCUT2D eigenvalue weighted by Crippen LogP contribution is 2.16. The fourth-order valence-corrected chi connectivity index (χ4v) is 2.18. The molecule has 2 rings (SSSR count). The molecule has 4 heteroatoms. The van der Waals surface area contributed by atoms with Crippen molar-refractivity contribution >= 4 is 0 Å². The molecule has 1 aromatic rings. The zero-order chi connectivity index (χ0) is 11.4. The minimum Gasteiger partial charge on any atom is -0.468 e. The van der Waals surface area contributed by atoms with Crippen molar-refractivity contribution in [3.8, 4) is 0 Å². The summed E-state index contributed by atoms with van der Waals surface area (Å²) in [5, 5.41) is 0. The van der Waals surface area contributed by atoms with Crippen LogP contribution in [0.4, 0.5) is 0 Å². The Bertz CT molecular complexity index is 319. The largest absolute Gasteiger partial charge is 0.468 e. The molecule has 0 aromatic carbocycles. The lowest BCUT2D eigenvalue weighted by Gasteiger charge is -2.20. The van der Waals surface area contributed by atoms with E-state index in [2.05, 4.69) is 11.9 Å². The van der Waals surface area contributed by atoms with Gasteiger partial charge in [0.2, 0.25) is 0 Å². The van der Waals surface area contributed by atoms with Crippen molar-refractivity contribution in [2.75, 3.05) is 20.2 Å². The van der Waals surface area contributed by atoms with Crippen LogP contribution in [0.1, 0.15) is 24.2 Å². The molecule has 1 aromatic heterocycles. The quantitative estimate of drug-likeness (QED) is 0.820. The molecule has 0 amide bonds. The van der Waals surface area contributed by atoms with Crippen LogP contribution in [0.25, 0.3) is 0 Å². The van der Waals surface area contributed by atoms with Gasteiger partial charge in [0.05, 0.1) is 18.9 Å². The van der Waals surface area contributed by atoms with Crippen LogP contribution in [0.5, 0.6) is 0 Å². The summed E-state index contributed by atoms with van der Waals surface area (Å²) in [6.07, 6.45) is 4.48. The molecule has 0 aliphatic carbocycles. The van der Waals surface area contributed by atoms with Gasteiger partial charge < -0.3 is 14.9 Å². The first-order valence-corrected chi connectivity index (χ1v) is 5.85. The molecular weight excluding hydrogens is 204 g/mol. The molecule has 1 unspecified atom stereocenters. The van der Waals surface area contributed by atoms with Gasteiger partial charge in [-0.15, -0.1) is 0 Å². The van der Waals surface area contributed by atoms with Crippen LogP contribution in [0.2, 0.25) is 0 Å². The molecule has 16 heavy (non-hydrogen) atoms. The van der Waals surface area contributed by atoms with Crippen molar-refractivity contribution in [3.05, 3.63) is 23.7 Å². The van der Waals surface area contributed by atoms with Crippen LogP contribution in [0, 0.1) is 0 Å². The van der Waals surface area contributed by atoms with E-state index in [4.69, 9.17) is 14.9 Å². The maximum Gasteiger partial charge on any atom is 0.121 e. The van der Waals surface area contributed by atoms with Gasteiger partial charge in [-0.3, -0.25) is 4.90 Å². The van der Waals surface area contributed by atoms with Crippen molar-refractivity contribution in [1.29, 1.82) is 0 Å². The minimum atomic E-state index is 0.401. The van der Waals surface area contributed by atoms with Gasteiger partial charge in [0.25, 0.3) is 0 Å². The van der Waals surface area contributed by atoms with Gasteiger partial charge >= 0.3 is 0 Å². The van der Waals surface area contributed by atoms with Gasteiger partial charge in [-0.25, -0.2) is 0 Å². The van der Waals surface area contributed by atoms with Gasteiger partial charge in [0, 0.05) is 25.3 Å². The van der Waals surface area contributed by atoms with Gasteiger partial charge in [-0.2, -0.15) is 0 Å². The van der Waals surface area contributed by atoms with Gasteiger partial charge in [0.1, 0.15) is 5.76 Å². The van der Waals surface area contributed by atoms with Crippen molar-refractivity contribution in [1.82, 2.24) is 4.90 Å². The molecule has 0 saturated carbocycles. The Morgan fingerprint density at radius 2 is 2.44 bits per heavy atom. The summed E-state index contributed by atoms with van der Waals surface area (Å²) < 4.78 is 10.9. The Labute approximate surface area is 96.4 Å². The average molecular weight is 224 g/mol. The summed E-state index contributed by atoms with van der Waals surface area (Å²) in [5.41, 5.74) is 6.78. The van der Waals surface area contributed by atoms with Gasteiger partial charge in [-0.05, 0) is 26.0 Å². The highest BCUT2D eigenvalue weighted by atomic mass is 16.5. The topological polar surface area (TPSA) is 51.6 Å². The highest BCUT2D eigenvalue weighted by Gasteiger charge is 2.18. The number of likely N-dealkylation sites (N-methyl/N-ethyl adjacent to an activating group) is 1. The monoisotopic (exact) mass is 224 g/mol. The van der Waals surface area contributed by atoms with Crippen molar-refractivity contribution in [2.24, 2.45) is 5.73 Å². The molecule has 4 nitrogen and oxygen atoms in total. The Morgan fingerprint density at radius 1 is 1.56 bits per heavy atom. The van der Waals surface area contributed by atoms with E-state index in [1.807, 2.05) is 6.07 Å². The van der Waals surface area contributed by atoms with Crippen LogP contribution in [-0.2, 0) is 17.8 Å². The van der Waals surface area contributed by atoms with Crippen LogP contribution in [0.3, 0.4) is 0 Å². The number of furan rings is 1. The molecule has 90 valence electrons. The Hall–Kier alpha value is -0.840. The van der Waals surface area contributed by atoms with Gasteiger partial charge in [0.15, 0.2) is 0 Å². The van der Waals surface area contributed by atoms with Crippen LogP contribution < -0.4 is 5.73 Å². The van der Waals surface area contributed by atoms with Crippen molar-refractivity contribution in [2.45, 2.75) is 32.0 Å². The standard InChI is InChI=1S/C12H20N2O2/c1-14(9-11-3-2-5-15-11)8-10-4-6-16-12(10)7-13/h4,6,11H,2-3,5,7-9,13H2,1H3. The number of nitrogens with zero attached hydrogens (tertiary/aromatic N) is 1. The van der Waals surface area contributed by atoms with Gasteiger partial charge in [-0.1, -0.05) is 0 Å². The number of rotatable bonds is 5. The zero-order valence-electron chi connectivity index (χ0n) is 9.82. The molecule has 1 aliphatic rings. The molecule has 1 atom stereocenters. The van der Waals surface area contributed by atoms with Crippen LogP contribution in [-0.4, -0.2) is 31.2 Å². The molecule has 0 radical (unpaired) electrons. The van der Waals surface area contributed by atoms with E-state index in [1.54, 1.807) is 6.26 Å². The summed E-state index contributed by atoms with van der Waals surface area (Å²) >= 11 is 0. The Morgan fingerprint density at radius 3 is 3.12 bits per heavy atom. The minimum absolute atomic E-state index is 0.401. The third-order valence-corrected chi connectivity index (χ3v) is 3.00. The average Bonchev–Trinajstić information content (AvgIpc) is 2.88. The van der Waals surface area contributed by atoms with E-state index >= 15 is 0 Å². The second kappa shape index (κ2) is 5.48. The molecule has 0 bridgehead atoms. The summed E-state index contributed by atoms with van der Waals surface area (Å²) in [5.74, 6) is 0.888. The lowest BCUT2D eigenvalue weighted by atomic mass is 10.2. The fourth-order valence-electron chi connectivity index (χ4n) is 2.18. The predicted octanol–water partition coefficient (Wildman–Crippen LogP) is 1.35. The lowest BCUT2D eigenvalue weighted by Crippen LogP contribution is -2.28. The first-order chi connectivity index (χ1) is 7.79. The molecule has 2 heterocycles. The predicted molar refractivity (Wildman–Crippen MR) is 61.9 cm³/mol. The van der Waals surface area contributed by atoms with E-state index in [1.165, 1.54) is 18.4 Å². The summed E-state index contributed by atoms with van der Waals surface area (Å²) in [4.78, 5) is 2.26. The SMILES string of the molecule is CN(Cc1ccoc1CN)CC1CCCO1. The van der Waals surface area contributed by atoms with Crippen molar-refractivity contribution in [3.63, 3.8) is 0 Å².